The SMILES string of the molecule is COc1cccc(C(C)CC(=O)NCC(C(=O)O)C2CCOCC2)c1. The van der Waals surface area contributed by atoms with Gasteiger partial charge in [-0.05, 0) is 42.4 Å². The van der Waals surface area contributed by atoms with Gasteiger partial charge < -0.3 is 19.9 Å². The molecular formula is C19H27NO5. The Labute approximate surface area is 148 Å². The summed E-state index contributed by atoms with van der Waals surface area (Å²) in [7, 11) is 1.61. The quantitative estimate of drug-likeness (QED) is 0.753. The van der Waals surface area contributed by atoms with Gasteiger partial charge in [-0.1, -0.05) is 19.1 Å². The minimum atomic E-state index is -0.854. The van der Waals surface area contributed by atoms with Crippen LogP contribution < -0.4 is 10.1 Å². The summed E-state index contributed by atoms with van der Waals surface area (Å²) in [5, 5.41) is 12.2. The molecule has 6 heteroatoms. The van der Waals surface area contributed by atoms with Crippen LogP contribution in [0.1, 0.15) is 37.7 Å². The molecule has 1 fully saturated rings. The molecule has 1 aliphatic heterocycles. The van der Waals surface area contributed by atoms with Gasteiger partial charge in [-0.2, -0.15) is 0 Å². The van der Waals surface area contributed by atoms with E-state index in [4.69, 9.17) is 9.47 Å². The van der Waals surface area contributed by atoms with Crippen LogP contribution in [0.2, 0.25) is 0 Å². The number of hydrogen-bond acceptors (Lipinski definition) is 4. The molecule has 2 N–H and O–H groups in total. The number of rotatable bonds is 8. The molecule has 1 aromatic rings. The molecule has 0 aromatic heterocycles. The van der Waals surface area contributed by atoms with Crippen LogP contribution in [0.4, 0.5) is 0 Å². The third kappa shape index (κ3) is 5.74. The molecule has 1 aromatic carbocycles. The Morgan fingerprint density at radius 3 is 2.72 bits per heavy atom. The first-order valence-corrected chi connectivity index (χ1v) is 8.72. The number of ether oxygens (including phenoxy) is 2. The van der Waals surface area contributed by atoms with E-state index in [0.717, 1.165) is 24.2 Å². The summed E-state index contributed by atoms with van der Waals surface area (Å²) >= 11 is 0. The summed E-state index contributed by atoms with van der Waals surface area (Å²) in [6.45, 7) is 3.33. The van der Waals surface area contributed by atoms with Crippen molar-refractivity contribution in [2.75, 3.05) is 26.9 Å². The third-order valence-corrected chi connectivity index (χ3v) is 4.83. The van der Waals surface area contributed by atoms with Gasteiger partial charge in [-0.15, -0.1) is 0 Å². The predicted molar refractivity (Wildman–Crippen MR) is 93.7 cm³/mol. The summed E-state index contributed by atoms with van der Waals surface area (Å²) in [6, 6.07) is 7.64. The zero-order chi connectivity index (χ0) is 18.2. The van der Waals surface area contributed by atoms with Gasteiger partial charge in [0.05, 0.1) is 13.0 Å². The van der Waals surface area contributed by atoms with Gasteiger partial charge in [0.2, 0.25) is 5.91 Å². The number of carbonyl (C=O) groups excluding carboxylic acids is 1. The topological polar surface area (TPSA) is 84.9 Å². The first-order chi connectivity index (χ1) is 12.0. The molecule has 0 spiro atoms. The summed E-state index contributed by atoms with van der Waals surface area (Å²) in [6.07, 6.45) is 1.77. The maximum atomic E-state index is 12.2. The number of hydrogen-bond donors (Lipinski definition) is 2. The lowest BCUT2D eigenvalue weighted by atomic mass is 9.86. The van der Waals surface area contributed by atoms with Gasteiger partial charge in [0.15, 0.2) is 0 Å². The number of amides is 1. The number of carboxylic acid groups (broad SMARTS) is 1. The van der Waals surface area contributed by atoms with E-state index >= 15 is 0 Å². The standard InChI is InChI=1S/C19H27NO5/c1-13(15-4-3-5-16(11-15)24-2)10-18(21)20-12-17(19(22)23)14-6-8-25-9-7-14/h3-5,11,13-14,17H,6-10,12H2,1-2H3,(H,20,21)(H,22,23). The number of aliphatic carboxylic acids is 1. The lowest BCUT2D eigenvalue weighted by Gasteiger charge is -2.27. The minimum absolute atomic E-state index is 0.0291. The van der Waals surface area contributed by atoms with E-state index in [2.05, 4.69) is 5.32 Å². The lowest BCUT2D eigenvalue weighted by molar-refractivity contribution is -0.145. The van der Waals surface area contributed by atoms with Gasteiger partial charge in [0.1, 0.15) is 5.75 Å². The van der Waals surface area contributed by atoms with Crippen molar-refractivity contribution in [2.45, 2.75) is 32.1 Å². The Morgan fingerprint density at radius 2 is 2.08 bits per heavy atom. The maximum Gasteiger partial charge on any atom is 0.308 e. The molecule has 1 heterocycles. The molecule has 0 bridgehead atoms. The van der Waals surface area contributed by atoms with Crippen molar-refractivity contribution in [3.8, 4) is 5.75 Å². The van der Waals surface area contributed by atoms with Crippen LogP contribution in [0.25, 0.3) is 0 Å². The van der Waals surface area contributed by atoms with Crippen LogP contribution >= 0.6 is 0 Å². The fourth-order valence-electron chi connectivity index (χ4n) is 3.21. The van der Waals surface area contributed by atoms with Crippen molar-refractivity contribution in [1.82, 2.24) is 5.32 Å². The van der Waals surface area contributed by atoms with Crippen LogP contribution in [0.15, 0.2) is 24.3 Å². The molecule has 1 saturated heterocycles. The third-order valence-electron chi connectivity index (χ3n) is 4.83. The summed E-state index contributed by atoms with van der Waals surface area (Å²) in [5.74, 6) is -0.694. The molecule has 25 heavy (non-hydrogen) atoms. The number of methoxy groups -OCH3 is 1. The molecule has 0 radical (unpaired) electrons. The predicted octanol–water partition coefficient (Wildman–Crippen LogP) is 2.43. The summed E-state index contributed by atoms with van der Waals surface area (Å²) in [5.41, 5.74) is 1.02. The normalized spacial score (nSPS) is 17.5. The van der Waals surface area contributed by atoms with E-state index < -0.39 is 11.9 Å². The highest BCUT2D eigenvalue weighted by Gasteiger charge is 2.30. The summed E-state index contributed by atoms with van der Waals surface area (Å²) in [4.78, 5) is 23.8. The Hall–Kier alpha value is -2.08. The highest BCUT2D eigenvalue weighted by molar-refractivity contribution is 5.78. The molecule has 1 aliphatic rings. The minimum Gasteiger partial charge on any atom is -0.497 e. The fraction of sp³-hybridized carbons (Fsp3) is 0.579. The molecule has 138 valence electrons. The Bertz CT molecular complexity index is 583. The number of carboxylic acids is 1. The van der Waals surface area contributed by atoms with Crippen LogP contribution in [-0.2, 0) is 14.3 Å². The van der Waals surface area contributed by atoms with Crippen LogP contribution in [0.5, 0.6) is 5.75 Å². The first kappa shape index (κ1) is 19.2. The Kier molecular flexibility index (Phi) is 7.25. The molecule has 2 atom stereocenters. The average Bonchev–Trinajstić information content (AvgIpc) is 2.62. The van der Waals surface area contributed by atoms with Gasteiger partial charge in [-0.25, -0.2) is 0 Å². The van der Waals surface area contributed by atoms with E-state index in [1.807, 2.05) is 31.2 Å². The number of carbonyl (C=O) groups is 2. The molecule has 0 saturated carbocycles. The van der Waals surface area contributed by atoms with Gasteiger partial charge in [0, 0.05) is 26.2 Å². The smallest absolute Gasteiger partial charge is 0.308 e. The highest BCUT2D eigenvalue weighted by Crippen LogP contribution is 2.25. The first-order valence-electron chi connectivity index (χ1n) is 8.72. The largest absolute Gasteiger partial charge is 0.497 e. The van der Waals surface area contributed by atoms with Crippen molar-refractivity contribution in [3.63, 3.8) is 0 Å². The van der Waals surface area contributed by atoms with E-state index in [1.165, 1.54) is 0 Å². The zero-order valence-electron chi connectivity index (χ0n) is 14.9. The van der Waals surface area contributed by atoms with E-state index in [0.29, 0.717) is 19.6 Å². The van der Waals surface area contributed by atoms with Crippen molar-refractivity contribution in [2.24, 2.45) is 11.8 Å². The number of benzene rings is 1. The average molecular weight is 349 g/mol. The molecule has 6 nitrogen and oxygen atoms in total. The Morgan fingerprint density at radius 1 is 1.36 bits per heavy atom. The zero-order valence-corrected chi connectivity index (χ0v) is 14.9. The second-order valence-electron chi connectivity index (χ2n) is 6.58. The van der Waals surface area contributed by atoms with Gasteiger partial charge in [-0.3, -0.25) is 9.59 Å². The molecular weight excluding hydrogens is 322 g/mol. The molecule has 1 amide bonds. The lowest BCUT2D eigenvalue weighted by Crippen LogP contribution is -2.39. The highest BCUT2D eigenvalue weighted by atomic mass is 16.5. The van der Waals surface area contributed by atoms with Crippen molar-refractivity contribution in [3.05, 3.63) is 29.8 Å². The maximum absolute atomic E-state index is 12.2. The van der Waals surface area contributed by atoms with E-state index in [9.17, 15) is 14.7 Å². The fourth-order valence-corrected chi connectivity index (χ4v) is 3.21. The van der Waals surface area contributed by atoms with Gasteiger partial charge in [0.25, 0.3) is 0 Å². The van der Waals surface area contributed by atoms with E-state index in [-0.39, 0.29) is 24.3 Å². The van der Waals surface area contributed by atoms with Crippen molar-refractivity contribution in [1.29, 1.82) is 0 Å². The molecule has 0 aliphatic carbocycles. The van der Waals surface area contributed by atoms with E-state index in [1.54, 1.807) is 7.11 Å². The second-order valence-corrected chi connectivity index (χ2v) is 6.58. The number of nitrogens with one attached hydrogen (secondary N) is 1. The van der Waals surface area contributed by atoms with Crippen molar-refractivity contribution < 1.29 is 24.2 Å². The second kappa shape index (κ2) is 9.42. The molecule has 2 unspecified atom stereocenters. The van der Waals surface area contributed by atoms with Crippen LogP contribution in [-0.4, -0.2) is 43.9 Å². The molecule has 2 rings (SSSR count). The summed E-state index contributed by atoms with van der Waals surface area (Å²) < 4.78 is 10.5. The Balaban J connectivity index is 1.86. The van der Waals surface area contributed by atoms with Crippen molar-refractivity contribution >= 4 is 11.9 Å². The monoisotopic (exact) mass is 349 g/mol. The van der Waals surface area contributed by atoms with Crippen LogP contribution in [0.3, 0.4) is 0 Å². The van der Waals surface area contributed by atoms with Crippen LogP contribution in [0, 0.1) is 11.8 Å². The van der Waals surface area contributed by atoms with Gasteiger partial charge >= 0.3 is 5.97 Å².